The van der Waals surface area contributed by atoms with Gasteiger partial charge >= 0.3 is 29.6 Å². The predicted octanol–water partition coefficient (Wildman–Crippen LogP) is -2.54. The molecule has 0 saturated heterocycles. The van der Waals surface area contributed by atoms with Gasteiger partial charge < -0.3 is 9.90 Å². The minimum atomic E-state index is -1.07. The van der Waals surface area contributed by atoms with E-state index in [2.05, 4.69) is 14.9 Å². The summed E-state index contributed by atoms with van der Waals surface area (Å²) < 4.78 is 0. The second kappa shape index (κ2) is 6.78. The Balaban J connectivity index is 0.00000147. The molecule has 98 valence electrons. The molecule has 2 aromatic heterocycles. The van der Waals surface area contributed by atoms with E-state index in [4.69, 9.17) is 0 Å². The maximum Gasteiger partial charge on any atom is 1.00 e. The molecule has 0 spiro atoms. The number of carboxylic acid groups (broad SMARTS) is 1. The van der Waals surface area contributed by atoms with E-state index in [1.807, 2.05) is 12.4 Å². The number of carbonyl (C=O) groups is 1. The number of nitrogens with zero attached hydrogens (tertiary/aromatic N) is 3. The fourth-order valence-electron chi connectivity index (χ4n) is 2.36. The van der Waals surface area contributed by atoms with Crippen LogP contribution in [0.3, 0.4) is 0 Å². The summed E-state index contributed by atoms with van der Waals surface area (Å²) in [6, 6.07) is 0. The van der Waals surface area contributed by atoms with Crippen molar-refractivity contribution in [3.63, 3.8) is 0 Å². The third-order valence-electron chi connectivity index (χ3n) is 3.27. The predicted molar refractivity (Wildman–Crippen MR) is 68.5 cm³/mol. The average molecular weight is 297 g/mol. The Morgan fingerprint density at radius 3 is 2.85 bits per heavy atom. The summed E-state index contributed by atoms with van der Waals surface area (Å²) >= 11 is 1.50. The third-order valence-corrected chi connectivity index (χ3v) is 4.28. The summed E-state index contributed by atoms with van der Waals surface area (Å²) in [4.78, 5) is 22.4. The van der Waals surface area contributed by atoms with Crippen LogP contribution in [-0.2, 0) is 19.5 Å². The molecule has 1 aliphatic rings. The van der Waals surface area contributed by atoms with Crippen molar-refractivity contribution in [3.8, 4) is 0 Å². The first-order valence-corrected chi connectivity index (χ1v) is 6.89. The van der Waals surface area contributed by atoms with E-state index < -0.39 is 5.97 Å². The Bertz CT molecular complexity index is 603. The van der Waals surface area contributed by atoms with Crippen LogP contribution in [-0.4, -0.2) is 27.4 Å². The summed E-state index contributed by atoms with van der Waals surface area (Å²) in [5.41, 5.74) is 2.39. The molecule has 7 heteroatoms. The molecule has 0 aliphatic carbocycles. The quantitative estimate of drug-likeness (QED) is 0.584. The number of rotatable bonds is 3. The number of thiophene rings is 1. The van der Waals surface area contributed by atoms with Gasteiger partial charge in [0.15, 0.2) is 0 Å². The van der Waals surface area contributed by atoms with Crippen molar-refractivity contribution in [1.29, 1.82) is 0 Å². The summed E-state index contributed by atoms with van der Waals surface area (Å²) in [7, 11) is 0. The van der Waals surface area contributed by atoms with E-state index in [9.17, 15) is 9.90 Å². The van der Waals surface area contributed by atoms with Gasteiger partial charge in [-0.3, -0.25) is 4.90 Å². The standard InChI is InChI=1S/C13H13N3O2S.Na/c17-13(18)11-7-19-12-6-16(2-1-10(11)12)5-9-3-14-8-15-4-9;/h3-4,7-8H,1-2,5-6H2,(H,17,18);/q;+1/p-1. The monoisotopic (exact) mass is 297 g/mol. The van der Waals surface area contributed by atoms with Gasteiger partial charge in [-0.15, -0.1) is 11.3 Å². The van der Waals surface area contributed by atoms with Crippen molar-refractivity contribution in [2.24, 2.45) is 0 Å². The van der Waals surface area contributed by atoms with E-state index in [0.717, 1.165) is 42.1 Å². The minimum absolute atomic E-state index is 0. The van der Waals surface area contributed by atoms with Gasteiger partial charge in [0.05, 0.1) is 5.97 Å². The van der Waals surface area contributed by atoms with E-state index >= 15 is 0 Å². The van der Waals surface area contributed by atoms with E-state index in [1.165, 1.54) is 17.7 Å². The zero-order chi connectivity index (χ0) is 13.2. The molecule has 0 radical (unpaired) electrons. The largest absolute Gasteiger partial charge is 1.00 e. The molecule has 0 N–H and O–H groups in total. The number of hydrogen-bond acceptors (Lipinski definition) is 6. The summed E-state index contributed by atoms with van der Waals surface area (Å²) in [5.74, 6) is -1.07. The minimum Gasteiger partial charge on any atom is -0.545 e. The van der Waals surface area contributed by atoms with Crippen LogP contribution in [0.25, 0.3) is 0 Å². The number of carboxylic acids is 1. The molecule has 0 bridgehead atoms. The van der Waals surface area contributed by atoms with Crippen molar-refractivity contribution >= 4 is 17.3 Å². The van der Waals surface area contributed by atoms with Crippen LogP contribution < -0.4 is 34.7 Å². The zero-order valence-corrected chi connectivity index (χ0v) is 14.0. The van der Waals surface area contributed by atoms with Gasteiger partial charge in [0, 0.05) is 53.4 Å². The molecule has 0 atom stereocenters. The maximum absolute atomic E-state index is 11.0. The average Bonchev–Trinajstić information content (AvgIpc) is 2.83. The fraction of sp³-hybridized carbons (Fsp3) is 0.308. The molecule has 20 heavy (non-hydrogen) atoms. The van der Waals surface area contributed by atoms with Gasteiger partial charge in [-0.05, 0) is 12.0 Å². The molecule has 0 aromatic carbocycles. The molecular formula is C13H12N3NaO2S. The molecule has 3 heterocycles. The van der Waals surface area contributed by atoms with Crippen molar-refractivity contribution in [2.75, 3.05) is 6.54 Å². The Hall–Kier alpha value is -0.790. The third kappa shape index (κ3) is 3.27. The van der Waals surface area contributed by atoms with Crippen LogP contribution >= 0.6 is 11.3 Å². The Morgan fingerprint density at radius 2 is 2.15 bits per heavy atom. The normalized spacial score (nSPS) is 14.4. The van der Waals surface area contributed by atoms with Crippen LogP contribution in [0.15, 0.2) is 24.1 Å². The molecule has 0 saturated carbocycles. The molecule has 5 nitrogen and oxygen atoms in total. The number of aromatic carboxylic acids is 1. The zero-order valence-electron chi connectivity index (χ0n) is 11.2. The van der Waals surface area contributed by atoms with Crippen LogP contribution in [0.4, 0.5) is 0 Å². The van der Waals surface area contributed by atoms with Crippen LogP contribution in [0, 0.1) is 0 Å². The molecular weight excluding hydrogens is 285 g/mol. The number of hydrogen-bond donors (Lipinski definition) is 0. The maximum atomic E-state index is 11.0. The van der Waals surface area contributed by atoms with Crippen LogP contribution in [0.5, 0.6) is 0 Å². The second-order valence-corrected chi connectivity index (χ2v) is 5.51. The summed E-state index contributed by atoms with van der Waals surface area (Å²) in [6.07, 6.45) is 5.89. The first kappa shape index (κ1) is 15.6. The van der Waals surface area contributed by atoms with Crippen LogP contribution in [0.2, 0.25) is 0 Å². The van der Waals surface area contributed by atoms with Gasteiger partial charge in [-0.25, -0.2) is 9.97 Å². The fourth-order valence-corrected chi connectivity index (χ4v) is 3.47. The van der Waals surface area contributed by atoms with Gasteiger partial charge in [-0.1, -0.05) is 0 Å². The first-order valence-electron chi connectivity index (χ1n) is 6.01. The van der Waals surface area contributed by atoms with Gasteiger partial charge in [0.2, 0.25) is 0 Å². The number of fused-ring (bicyclic) bond motifs is 1. The Labute approximate surface area is 143 Å². The van der Waals surface area contributed by atoms with Gasteiger partial charge in [-0.2, -0.15) is 0 Å². The Morgan fingerprint density at radius 1 is 1.40 bits per heavy atom. The van der Waals surface area contributed by atoms with Crippen molar-refractivity contribution in [1.82, 2.24) is 14.9 Å². The first-order chi connectivity index (χ1) is 9.24. The molecule has 3 rings (SSSR count). The van der Waals surface area contributed by atoms with E-state index in [-0.39, 0.29) is 29.6 Å². The topological polar surface area (TPSA) is 69.2 Å². The molecule has 0 amide bonds. The summed E-state index contributed by atoms with van der Waals surface area (Å²) in [5, 5.41) is 12.7. The number of aromatic nitrogens is 2. The molecule has 1 aliphatic heterocycles. The van der Waals surface area contributed by atoms with E-state index in [1.54, 1.807) is 5.38 Å². The molecule has 0 unspecified atom stereocenters. The van der Waals surface area contributed by atoms with Crippen molar-refractivity contribution in [2.45, 2.75) is 19.5 Å². The van der Waals surface area contributed by atoms with Crippen molar-refractivity contribution in [3.05, 3.63) is 45.7 Å². The second-order valence-electron chi connectivity index (χ2n) is 4.55. The smallest absolute Gasteiger partial charge is 0.545 e. The molecule has 2 aromatic rings. The van der Waals surface area contributed by atoms with Gasteiger partial charge in [0.25, 0.3) is 0 Å². The summed E-state index contributed by atoms with van der Waals surface area (Å²) in [6.45, 7) is 2.42. The van der Waals surface area contributed by atoms with Crippen molar-refractivity contribution < 1.29 is 39.5 Å². The Kier molecular flexibility index (Phi) is 5.29. The SMILES string of the molecule is O=C([O-])c1csc2c1CCN(Cc1cncnc1)C2.[Na+]. The van der Waals surface area contributed by atoms with Crippen LogP contribution in [0.1, 0.15) is 26.4 Å². The number of carbonyl (C=O) groups excluding carboxylic acids is 1. The molecule has 0 fully saturated rings. The van der Waals surface area contributed by atoms with E-state index in [0.29, 0.717) is 5.56 Å². The van der Waals surface area contributed by atoms with Gasteiger partial charge in [0.1, 0.15) is 6.33 Å².